The van der Waals surface area contributed by atoms with E-state index < -0.39 is 60.6 Å². The van der Waals surface area contributed by atoms with Crippen LogP contribution < -0.4 is 5.32 Å². The molecule has 12 nitrogen and oxygen atoms in total. The van der Waals surface area contributed by atoms with Gasteiger partial charge in [0, 0.05) is 24.9 Å². The van der Waals surface area contributed by atoms with Gasteiger partial charge in [0.05, 0.1) is 25.0 Å². The summed E-state index contributed by atoms with van der Waals surface area (Å²) in [5.74, 6) is -1.02. The fourth-order valence-electron chi connectivity index (χ4n) is 5.73. The number of benzene rings is 2. The number of nitrogens with one attached hydrogen (secondary N) is 2. The summed E-state index contributed by atoms with van der Waals surface area (Å²) < 4.78 is 50.8. The van der Waals surface area contributed by atoms with Crippen molar-refractivity contribution in [3.63, 3.8) is 0 Å². The lowest BCUT2D eigenvalue weighted by Gasteiger charge is -2.53. The second-order valence-electron chi connectivity index (χ2n) is 11.2. The largest absolute Gasteiger partial charge is 0.445 e. The predicted molar refractivity (Wildman–Crippen MR) is 160 cm³/mol. The molecule has 2 aliphatic heterocycles. The van der Waals surface area contributed by atoms with Crippen LogP contribution in [0.15, 0.2) is 73.7 Å². The molecule has 0 unspecified atom stereocenters. The smallest absolute Gasteiger partial charge is 0.416 e. The summed E-state index contributed by atoms with van der Waals surface area (Å²) in [6.07, 6.45) is -3.24. The third-order valence-electron chi connectivity index (χ3n) is 7.80. The van der Waals surface area contributed by atoms with Gasteiger partial charge in [-0.25, -0.2) is 14.6 Å². The number of ether oxygens (including phenoxy) is 2. The number of carbonyl (C=O) groups is 4. The lowest BCUT2D eigenvalue weighted by atomic mass is 9.98. The van der Waals surface area contributed by atoms with Gasteiger partial charge in [0.25, 0.3) is 0 Å². The number of piperazine rings is 1. The zero-order chi connectivity index (χ0) is 33.7. The Labute approximate surface area is 268 Å². The highest BCUT2D eigenvalue weighted by Gasteiger charge is 2.52. The van der Waals surface area contributed by atoms with E-state index in [1.165, 1.54) is 46.3 Å². The molecule has 15 heteroatoms. The Morgan fingerprint density at radius 2 is 1.85 bits per heavy atom. The monoisotopic (exact) mass is 654 g/mol. The molecular formula is C32H33F3N6O6. The van der Waals surface area contributed by atoms with E-state index in [1.54, 1.807) is 0 Å². The first-order valence-electron chi connectivity index (χ1n) is 14.7. The average molecular weight is 655 g/mol. The standard InChI is InChI=1S/C32H33F3N6O6/c1-3-9-46-30(44)38-25-16-40(31(45)47-18-22-10-20(2)11-23(12-22)32(33,34)35)27-17-39(15-21-7-5-4-6-8-21)29(43)26(41(27)28(25)42)13-24-14-36-19-37-24/h3-8,10-12,14,19,25-27H,1,9,13,15-18H2,2H3,(H,36,37)(H,38,44)/t25-,26-,27+/m0/s1. The number of carbonyl (C=O) groups excluding carboxylic acids is 4. The molecule has 248 valence electrons. The minimum atomic E-state index is -4.60. The molecule has 0 aliphatic carbocycles. The first kappa shape index (κ1) is 33.0. The van der Waals surface area contributed by atoms with Gasteiger partial charge in [0.15, 0.2) is 0 Å². The van der Waals surface area contributed by atoms with Crippen LogP contribution in [0.3, 0.4) is 0 Å². The maximum absolute atomic E-state index is 14.0. The van der Waals surface area contributed by atoms with Crippen LogP contribution in [0.1, 0.15) is 27.9 Å². The number of H-pyrrole nitrogens is 1. The summed E-state index contributed by atoms with van der Waals surface area (Å²) in [7, 11) is 0. The third kappa shape index (κ3) is 7.73. The summed E-state index contributed by atoms with van der Waals surface area (Å²) in [6.45, 7) is 4.07. The fourth-order valence-corrected chi connectivity index (χ4v) is 5.73. The molecule has 0 spiro atoms. The summed E-state index contributed by atoms with van der Waals surface area (Å²) in [5, 5.41) is 2.45. The van der Waals surface area contributed by atoms with Crippen molar-refractivity contribution in [1.82, 2.24) is 30.0 Å². The van der Waals surface area contributed by atoms with Gasteiger partial charge < -0.3 is 29.6 Å². The number of alkyl halides is 3. The Kier molecular flexibility index (Phi) is 9.82. The van der Waals surface area contributed by atoms with Crippen LogP contribution in [0.2, 0.25) is 0 Å². The topological polar surface area (TPSA) is 137 Å². The Hall–Kier alpha value is -5.34. The van der Waals surface area contributed by atoms with E-state index in [9.17, 15) is 32.3 Å². The molecule has 0 saturated carbocycles. The molecule has 3 heterocycles. The molecule has 4 amide bonds. The molecule has 1 aromatic heterocycles. The van der Waals surface area contributed by atoms with Crippen molar-refractivity contribution >= 4 is 24.0 Å². The second kappa shape index (κ2) is 14.0. The van der Waals surface area contributed by atoms with Crippen molar-refractivity contribution in [2.24, 2.45) is 0 Å². The molecular weight excluding hydrogens is 621 g/mol. The minimum Gasteiger partial charge on any atom is -0.445 e. The van der Waals surface area contributed by atoms with E-state index in [0.29, 0.717) is 11.3 Å². The number of halogens is 3. The Morgan fingerprint density at radius 1 is 1.09 bits per heavy atom. The van der Waals surface area contributed by atoms with E-state index in [4.69, 9.17) is 9.47 Å². The molecule has 3 atom stereocenters. The molecule has 2 aromatic carbocycles. The van der Waals surface area contributed by atoms with Crippen LogP contribution in [-0.2, 0) is 44.8 Å². The fraction of sp³-hybridized carbons (Fsp3) is 0.344. The maximum Gasteiger partial charge on any atom is 0.416 e. The Balaban J connectivity index is 1.47. The lowest BCUT2D eigenvalue weighted by Crippen LogP contribution is -2.76. The number of aryl methyl sites for hydroxylation is 1. The molecule has 3 aromatic rings. The van der Waals surface area contributed by atoms with Crippen molar-refractivity contribution in [3.8, 4) is 0 Å². The number of alkyl carbamates (subject to hydrolysis) is 1. The van der Waals surface area contributed by atoms with Gasteiger partial charge in [0.1, 0.15) is 31.5 Å². The molecule has 2 saturated heterocycles. The van der Waals surface area contributed by atoms with E-state index >= 15 is 0 Å². The maximum atomic E-state index is 14.0. The number of hydrogen-bond acceptors (Lipinski definition) is 7. The summed E-state index contributed by atoms with van der Waals surface area (Å²) in [5.41, 5.74) is 0.915. The summed E-state index contributed by atoms with van der Waals surface area (Å²) in [4.78, 5) is 65.2. The molecule has 0 radical (unpaired) electrons. The van der Waals surface area contributed by atoms with Gasteiger partial charge in [-0.1, -0.05) is 54.6 Å². The molecule has 5 rings (SSSR count). The average Bonchev–Trinajstić information content (AvgIpc) is 3.55. The van der Waals surface area contributed by atoms with Gasteiger partial charge in [0.2, 0.25) is 11.8 Å². The van der Waals surface area contributed by atoms with E-state index in [0.717, 1.165) is 17.7 Å². The lowest BCUT2D eigenvalue weighted by molar-refractivity contribution is -0.170. The highest BCUT2D eigenvalue weighted by molar-refractivity contribution is 5.94. The Morgan fingerprint density at radius 3 is 2.53 bits per heavy atom. The number of aromatic nitrogens is 2. The van der Waals surface area contributed by atoms with Gasteiger partial charge >= 0.3 is 18.4 Å². The number of nitrogens with zero attached hydrogens (tertiary/aromatic N) is 4. The van der Waals surface area contributed by atoms with Crippen LogP contribution in [0.4, 0.5) is 22.8 Å². The van der Waals surface area contributed by atoms with Crippen molar-refractivity contribution in [2.45, 2.75) is 50.9 Å². The number of fused-ring (bicyclic) bond motifs is 1. The molecule has 47 heavy (non-hydrogen) atoms. The predicted octanol–water partition coefficient (Wildman–Crippen LogP) is 3.78. The molecule has 2 fully saturated rings. The highest BCUT2D eigenvalue weighted by atomic mass is 19.4. The third-order valence-corrected chi connectivity index (χ3v) is 7.80. The van der Waals surface area contributed by atoms with Gasteiger partial charge in [-0.15, -0.1) is 0 Å². The van der Waals surface area contributed by atoms with Crippen molar-refractivity contribution in [3.05, 3.63) is 102 Å². The van der Waals surface area contributed by atoms with E-state index in [-0.39, 0.29) is 38.2 Å². The number of amides is 4. The normalized spacial score (nSPS) is 19.7. The van der Waals surface area contributed by atoms with Crippen molar-refractivity contribution < 1.29 is 41.8 Å². The molecule has 2 aliphatic rings. The first-order valence-corrected chi connectivity index (χ1v) is 14.7. The van der Waals surface area contributed by atoms with Gasteiger partial charge in [-0.2, -0.15) is 13.2 Å². The number of imidazole rings is 1. The van der Waals surface area contributed by atoms with Crippen LogP contribution in [0.25, 0.3) is 0 Å². The first-order chi connectivity index (χ1) is 22.4. The van der Waals surface area contributed by atoms with E-state index in [1.807, 2.05) is 30.3 Å². The number of aromatic amines is 1. The molecule has 0 bridgehead atoms. The Bertz CT molecular complexity index is 1620. The SMILES string of the molecule is C=CCOC(=O)N[C@H]1CN(C(=O)OCc2cc(C)cc(C(F)(F)F)c2)[C@H]2CN(Cc3ccccc3)C(=O)[C@H](Cc3cnc[nH]3)N2C1=O. The van der Waals surface area contributed by atoms with Crippen LogP contribution in [0, 0.1) is 6.92 Å². The highest BCUT2D eigenvalue weighted by Crippen LogP contribution is 2.32. The van der Waals surface area contributed by atoms with Crippen molar-refractivity contribution in [1.29, 1.82) is 0 Å². The van der Waals surface area contributed by atoms with Crippen LogP contribution >= 0.6 is 0 Å². The van der Waals surface area contributed by atoms with E-state index in [2.05, 4.69) is 21.9 Å². The zero-order valence-electron chi connectivity index (χ0n) is 25.4. The minimum absolute atomic E-state index is 0.0202. The number of rotatable bonds is 9. The van der Waals surface area contributed by atoms with Crippen LogP contribution in [0.5, 0.6) is 0 Å². The quantitative estimate of drug-likeness (QED) is 0.335. The number of hydrogen-bond donors (Lipinski definition) is 2. The van der Waals surface area contributed by atoms with Crippen molar-refractivity contribution in [2.75, 3.05) is 19.7 Å². The second-order valence-corrected chi connectivity index (χ2v) is 11.2. The zero-order valence-corrected chi connectivity index (χ0v) is 25.4. The summed E-state index contributed by atoms with van der Waals surface area (Å²) >= 11 is 0. The van der Waals surface area contributed by atoms with Gasteiger partial charge in [-0.05, 0) is 30.2 Å². The molecule has 2 N–H and O–H groups in total. The van der Waals surface area contributed by atoms with Gasteiger partial charge in [-0.3, -0.25) is 14.5 Å². The summed E-state index contributed by atoms with van der Waals surface area (Å²) in [6, 6.07) is 10.1. The van der Waals surface area contributed by atoms with Crippen LogP contribution in [-0.4, -0.2) is 86.6 Å².